The lowest BCUT2D eigenvalue weighted by molar-refractivity contribution is 0.0910. The van der Waals surface area contributed by atoms with Gasteiger partial charge >= 0.3 is 0 Å². The molecule has 94 valence electrons. The molecule has 0 aromatic heterocycles. The number of halogens is 2. The zero-order valence-corrected chi connectivity index (χ0v) is 13.5. The fourth-order valence-electron chi connectivity index (χ4n) is 1.14. The molecule has 0 saturated carbocycles. The molecule has 17 heavy (non-hydrogen) atoms. The number of carbonyl (C=O) groups excluding carboxylic acids is 1. The van der Waals surface area contributed by atoms with E-state index in [0.29, 0.717) is 12.1 Å². The van der Waals surface area contributed by atoms with Crippen LogP contribution >= 0.6 is 38.5 Å². The minimum atomic E-state index is -0.302. The van der Waals surface area contributed by atoms with Crippen molar-refractivity contribution < 1.29 is 9.90 Å². The highest BCUT2D eigenvalue weighted by Crippen LogP contribution is 2.20. The molecule has 3 nitrogen and oxygen atoms in total. The standard InChI is InChI=1S/C12H15BrINO2/c1-12(2,7-16)6-15-11(17)9-5-8(14)3-4-10(9)13/h3-5,16H,6-7H2,1-2H3,(H,15,17). The molecular formula is C12H15BrINO2. The lowest BCUT2D eigenvalue weighted by atomic mass is 9.95. The van der Waals surface area contributed by atoms with Crippen molar-refractivity contribution in [2.24, 2.45) is 5.41 Å². The Hall–Kier alpha value is -0.140. The van der Waals surface area contributed by atoms with Gasteiger partial charge in [0.05, 0.1) is 5.56 Å². The van der Waals surface area contributed by atoms with E-state index in [1.54, 1.807) is 0 Å². The molecule has 0 atom stereocenters. The van der Waals surface area contributed by atoms with E-state index >= 15 is 0 Å². The lowest BCUT2D eigenvalue weighted by Gasteiger charge is -2.22. The summed E-state index contributed by atoms with van der Waals surface area (Å²) in [5.41, 5.74) is 0.315. The van der Waals surface area contributed by atoms with Gasteiger partial charge < -0.3 is 10.4 Å². The lowest BCUT2D eigenvalue weighted by Crippen LogP contribution is -2.36. The van der Waals surface area contributed by atoms with Crippen LogP contribution in [0.2, 0.25) is 0 Å². The van der Waals surface area contributed by atoms with E-state index in [4.69, 9.17) is 5.11 Å². The van der Waals surface area contributed by atoms with E-state index in [1.807, 2.05) is 32.0 Å². The first-order valence-corrected chi connectivity index (χ1v) is 7.07. The number of amides is 1. The number of hydrogen-bond acceptors (Lipinski definition) is 2. The van der Waals surface area contributed by atoms with Crippen molar-refractivity contribution in [3.8, 4) is 0 Å². The van der Waals surface area contributed by atoms with E-state index in [0.717, 1.165) is 8.04 Å². The number of benzene rings is 1. The van der Waals surface area contributed by atoms with Crippen LogP contribution in [-0.4, -0.2) is 24.2 Å². The summed E-state index contributed by atoms with van der Waals surface area (Å²) < 4.78 is 1.79. The van der Waals surface area contributed by atoms with Crippen LogP contribution in [0, 0.1) is 8.99 Å². The first-order chi connectivity index (χ1) is 7.85. The molecule has 0 aliphatic carbocycles. The number of nitrogens with one attached hydrogen (secondary N) is 1. The number of rotatable bonds is 4. The largest absolute Gasteiger partial charge is 0.396 e. The molecule has 1 aromatic carbocycles. The normalized spacial score (nSPS) is 11.4. The van der Waals surface area contributed by atoms with Crippen molar-refractivity contribution in [3.63, 3.8) is 0 Å². The third-order valence-corrected chi connectivity index (χ3v) is 3.69. The molecule has 0 unspecified atom stereocenters. The second kappa shape index (κ2) is 6.15. The first kappa shape index (κ1) is 14.9. The summed E-state index contributed by atoms with van der Waals surface area (Å²) in [7, 11) is 0. The van der Waals surface area contributed by atoms with E-state index in [1.165, 1.54) is 0 Å². The topological polar surface area (TPSA) is 49.3 Å². The Morgan fingerprint density at radius 1 is 1.53 bits per heavy atom. The van der Waals surface area contributed by atoms with Crippen LogP contribution in [0.5, 0.6) is 0 Å². The molecule has 0 heterocycles. The maximum atomic E-state index is 12.0. The summed E-state index contributed by atoms with van der Waals surface area (Å²) in [4.78, 5) is 12.0. The maximum Gasteiger partial charge on any atom is 0.252 e. The van der Waals surface area contributed by atoms with Crippen LogP contribution in [-0.2, 0) is 0 Å². The van der Waals surface area contributed by atoms with Gasteiger partial charge in [0.2, 0.25) is 0 Å². The molecule has 0 spiro atoms. The van der Waals surface area contributed by atoms with Gasteiger partial charge in [-0.3, -0.25) is 4.79 Å². The molecule has 5 heteroatoms. The molecule has 0 radical (unpaired) electrons. The number of carbonyl (C=O) groups is 1. The average Bonchev–Trinajstić information content (AvgIpc) is 2.29. The molecule has 0 aliphatic heterocycles. The molecule has 0 saturated heterocycles. The highest BCUT2D eigenvalue weighted by atomic mass is 127. The zero-order chi connectivity index (χ0) is 13.1. The Morgan fingerprint density at radius 3 is 2.76 bits per heavy atom. The van der Waals surface area contributed by atoms with E-state index in [9.17, 15) is 4.79 Å². The van der Waals surface area contributed by atoms with E-state index < -0.39 is 0 Å². The minimum Gasteiger partial charge on any atom is -0.396 e. The first-order valence-electron chi connectivity index (χ1n) is 5.20. The molecule has 1 amide bonds. The SMILES string of the molecule is CC(C)(CO)CNC(=O)c1cc(I)ccc1Br. The molecule has 0 aliphatic rings. The smallest absolute Gasteiger partial charge is 0.252 e. The van der Waals surface area contributed by atoms with Gasteiger partial charge in [0.1, 0.15) is 0 Å². The monoisotopic (exact) mass is 411 g/mol. The van der Waals surface area contributed by atoms with Crippen molar-refractivity contribution in [2.75, 3.05) is 13.2 Å². The molecule has 1 aromatic rings. The summed E-state index contributed by atoms with van der Waals surface area (Å²) in [5.74, 6) is -0.128. The average molecular weight is 412 g/mol. The Balaban J connectivity index is 2.74. The van der Waals surface area contributed by atoms with Gasteiger partial charge in [-0.2, -0.15) is 0 Å². The summed E-state index contributed by atoms with van der Waals surface area (Å²) in [6.45, 7) is 4.29. The molecule has 0 fully saturated rings. The van der Waals surface area contributed by atoms with Gasteiger partial charge in [-0.05, 0) is 56.7 Å². The molecule has 2 N–H and O–H groups in total. The third kappa shape index (κ3) is 4.56. The van der Waals surface area contributed by atoms with E-state index in [2.05, 4.69) is 43.8 Å². The van der Waals surface area contributed by atoms with Gasteiger partial charge in [-0.25, -0.2) is 0 Å². The van der Waals surface area contributed by atoms with Crippen LogP contribution < -0.4 is 5.32 Å². The zero-order valence-electron chi connectivity index (χ0n) is 9.76. The maximum absolute atomic E-state index is 12.0. The van der Waals surface area contributed by atoms with Gasteiger partial charge in [0.15, 0.2) is 0 Å². The van der Waals surface area contributed by atoms with Gasteiger partial charge in [-0.15, -0.1) is 0 Å². The molecule has 0 bridgehead atoms. The van der Waals surface area contributed by atoms with Crippen LogP contribution in [0.1, 0.15) is 24.2 Å². The van der Waals surface area contributed by atoms with Crippen molar-refractivity contribution in [3.05, 3.63) is 31.8 Å². The molecular weight excluding hydrogens is 397 g/mol. The number of aliphatic hydroxyl groups excluding tert-OH is 1. The van der Waals surface area contributed by atoms with Crippen molar-refractivity contribution in [2.45, 2.75) is 13.8 Å². The highest BCUT2D eigenvalue weighted by Gasteiger charge is 2.18. The van der Waals surface area contributed by atoms with Gasteiger partial charge in [0, 0.05) is 26.6 Å². The van der Waals surface area contributed by atoms with Crippen molar-refractivity contribution in [1.82, 2.24) is 5.32 Å². The quantitative estimate of drug-likeness (QED) is 0.748. The fourth-order valence-corrected chi connectivity index (χ4v) is 2.06. The predicted octanol–water partition coefficient (Wildman–Crippen LogP) is 2.80. The predicted molar refractivity (Wildman–Crippen MR) is 80.1 cm³/mol. The van der Waals surface area contributed by atoms with Crippen LogP contribution in [0.25, 0.3) is 0 Å². The summed E-state index contributed by atoms with van der Waals surface area (Å²) in [6, 6.07) is 5.61. The van der Waals surface area contributed by atoms with Gasteiger partial charge in [-0.1, -0.05) is 13.8 Å². The molecule has 1 rings (SSSR count). The Morgan fingerprint density at radius 2 is 2.18 bits per heavy atom. The van der Waals surface area contributed by atoms with E-state index in [-0.39, 0.29) is 17.9 Å². The van der Waals surface area contributed by atoms with Crippen LogP contribution in [0.15, 0.2) is 22.7 Å². The van der Waals surface area contributed by atoms with Gasteiger partial charge in [0.25, 0.3) is 5.91 Å². The van der Waals surface area contributed by atoms with Crippen molar-refractivity contribution >= 4 is 44.4 Å². The highest BCUT2D eigenvalue weighted by molar-refractivity contribution is 14.1. The summed E-state index contributed by atoms with van der Waals surface area (Å²) in [5, 5.41) is 11.9. The Kier molecular flexibility index (Phi) is 5.40. The Bertz CT molecular complexity index is 421. The summed E-state index contributed by atoms with van der Waals surface area (Å²) in [6.07, 6.45) is 0. The third-order valence-electron chi connectivity index (χ3n) is 2.33. The fraction of sp³-hybridized carbons (Fsp3) is 0.417. The minimum absolute atomic E-state index is 0.0424. The second-order valence-electron chi connectivity index (χ2n) is 4.63. The van der Waals surface area contributed by atoms with Crippen LogP contribution in [0.3, 0.4) is 0 Å². The second-order valence-corrected chi connectivity index (χ2v) is 6.73. The number of hydrogen-bond donors (Lipinski definition) is 2. The summed E-state index contributed by atoms with van der Waals surface area (Å²) >= 11 is 5.52. The number of aliphatic hydroxyl groups is 1. The van der Waals surface area contributed by atoms with Crippen LogP contribution in [0.4, 0.5) is 0 Å². The van der Waals surface area contributed by atoms with Crippen molar-refractivity contribution in [1.29, 1.82) is 0 Å². The Labute approximate surface area is 123 Å².